The Kier molecular flexibility index (Phi) is 6.97. The largest absolute Gasteiger partial charge is 0.497 e. The number of ether oxygens (including phenoxy) is 2. The molecule has 1 aliphatic rings. The van der Waals surface area contributed by atoms with Crippen LogP contribution in [0.2, 0.25) is 0 Å². The van der Waals surface area contributed by atoms with E-state index in [4.69, 9.17) is 9.47 Å². The summed E-state index contributed by atoms with van der Waals surface area (Å²) in [5, 5.41) is -0.155. The molecule has 0 aliphatic carbocycles. The minimum Gasteiger partial charge on any atom is -0.497 e. The van der Waals surface area contributed by atoms with Crippen molar-refractivity contribution in [2.45, 2.75) is 36.8 Å². The average Bonchev–Trinajstić information content (AvgIpc) is 2.62. The van der Waals surface area contributed by atoms with Crippen molar-refractivity contribution < 1.29 is 19.1 Å². The minimum absolute atomic E-state index is 0.0708. The number of methoxy groups -OCH3 is 1. The lowest BCUT2D eigenvalue weighted by Gasteiger charge is -2.32. The number of carbonyl (C=O) groups is 2. The molecule has 1 fully saturated rings. The highest BCUT2D eigenvalue weighted by Crippen LogP contribution is 2.28. The van der Waals surface area contributed by atoms with Crippen molar-refractivity contribution in [2.24, 2.45) is 5.92 Å². The fourth-order valence-electron chi connectivity index (χ4n) is 2.76. The van der Waals surface area contributed by atoms with Crippen molar-refractivity contribution in [1.29, 1.82) is 0 Å². The number of carbonyl (C=O) groups excluding carboxylic acids is 2. The lowest BCUT2D eigenvalue weighted by Crippen LogP contribution is -2.43. The van der Waals surface area contributed by atoms with Crippen LogP contribution >= 0.6 is 11.8 Å². The second kappa shape index (κ2) is 8.97. The van der Waals surface area contributed by atoms with Gasteiger partial charge < -0.3 is 14.4 Å². The third-order valence-corrected chi connectivity index (χ3v) is 5.25. The summed E-state index contributed by atoms with van der Waals surface area (Å²) in [7, 11) is 1.63. The van der Waals surface area contributed by atoms with Crippen molar-refractivity contribution in [3.8, 4) is 5.75 Å². The van der Waals surface area contributed by atoms with Gasteiger partial charge in [-0.15, -0.1) is 11.8 Å². The summed E-state index contributed by atoms with van der Waals surface area (Å²) in [4.78, 5) is 27.3. The summed E-state index contributed by atoms with van der Waals surface area (Å²) in [6, 6.07) is 7.70. The van der Waals surface area contributed by atoms with E-state index < -0.39 is 0 Å². The van der Waals surface area contributed by atoms with Crippen LogP contribution in [0.15, 0.2) is 29.2 Å². The van der Waals surface area contributed by atoms with Crippen LogP contribution in [-0.4, -0.2) is 48.8 Å². The Hall–Kier alpha value is -1.69. The molecule has 132 valence electrons. The number of amides is 1. The van der Waals surface area contributed by atoms with Crippen molar-refractivity contribution in [1.82, 2.24) is 4.90 Å². The molecule has 0 aromatic heterocycles. The van der Waals surface area contributed by atoms with E-state index in [0.29, 0.717) is 32.5 Å². The Morgan fingerprint density at radius 2 is 1.88 bits per heavy atom. The molecule has 1 heterocycles. The Morgan fingerprint density at radius 3 is 2.42 bits per heavy atom. The van der Waals surface area contributed by atoms with Gasteiger partial charge in [-0.1, -0.05) is 0 Å². The number of benzene rings is 1. The van der Waals surface area contributed by atoms with Crippen LogP contribution in [0, 0.1) is 5.92 Å². The van der Waals surface area contributed by atoms with E-state index in [1.54, 1.807) is 18.9 Å². The highest BCUT2D eigenvalue weighted by molar-refractivity contribution is 8.00. The highest BCUT2D eigenvalue weighted by Gasteiger charge is 2.30. The first-order chi connectivity index (χ1) is 11.5. The minimum atomic E-state index is -0.155. The monoisotopic (exact) mass is 351 g/mol. The van der Waals surface area contributed by atoms with E-state index in [0.717, 1.165) is 10.6 Å². The number of piperidine rings is 1. The molecule has 6 heteroatoms. The topological polar surface area (TPSA) is 55.8 Å². The lowest BCUT2D eigenvalue weighted by atomic mass is 9.97. The fraction of sp³-hybridized carbons (Fsp3) is 0.556. The zero-order valence-corrected chi connectivity index (χ0v) is 15.3. The molecule has 0 radical (unpaired) electrons. The number of nitrogens with zero attached hydrogens (tertiary/aromatic N) is 1. The van der Waals surface area contributed by atoms with E-state index in [2.05, 4.69) is 0 Å². The molecule has 0 bridgehead atoms. The lowest BCUT2D eigenvalue weighted by molar-refractivity contribution is -0.151. The fourth-order valence-corrected chi connectivity index (χ4v) is 3.71. The molecule has 2 rings (SSSR count). The summed E-state index contributed by atoms with van der Waals surface area (Å²) in [5.74, 6) is 0.723. The Balaban J connectivity index is 1.84. The van der Waals surface area contributed by atoms with Gasteiger partial charge in [0.05, 0.1) is 24.9 Å². The molecule has 1 amide bonds. The van der Waals surface area contributed by atoms with Gasteiger partial charge in [0, 0.05) is 18.0 Å². The van der Waals surface area contributed by atoms with Gasteiger partial charge in [0.25, 0.3) is 0 Å². The van der Waals surface area contributed by atoms with E-state index in [1.165, 1.54) is 0 Å². The smallest absolute Gasteiger partial charge is 0.309 e. The van der Waals surface area contributed by atoms with Crippen LogP contribution in [0.3, 0.4) is 0 Å². The summed E-state index contributed by atoms with van der Waals surface area (Å²) in [6.07, 6.45) is 1.37. The van der Waals surface area contributed by atoms with Gasteiger partial charge in [0.1, 0.15) is 5.75 Å². The maximum Gasteiger partial charge on any atom is 0.309 e. The maximum absolute atomic E-state index is 12.6. The number of esters is 1. The van der Waals surface area contributed by atoms with Gasteiger partial charge in [-0.2, -0.15) is 0 Å². The summed E-state index contributed by atoms with van der Waals surface area (Å²) in [5.41, 5.74) is 0. The predicted octanol–water partition coefficient (Wildman–Crippen LogP) is 2.98. The molecular formula is C18H25NO4S. The third-order valence-electron chi connectivity index (χ3n) is 4.15. The quantitative estimate of drug-likeness (QED) is 0.582. The Labute approximate surface area is 147 Å². The Bertz CT molecular complexity index is 553. The van der Waals surface area contributed by atoms with Gasteiger partial charge >= 0.3 is 5.97 Å². The summed E-state index contributed by atoms with van der Waals surface area (Å²) >= 11 is 1.54. The van der Waals surface area contributed by atoms with E-state index in [9.17, 15) is 9.59 Å². The van der Waals surface area contributed by atoms with Crippen molar-refractivity contribution in [2.75, 3.05) is 26.8 Å². The molecule has 1 aromatic carbocycles. The molecule has 1 unspecified atom stereocenters. The van der Waals surface area contributed by atoms with Gasteiger partial charge in [0.2, 0.25) is 5.91 Å². The number of rotatable bonds is 6. The van der Waals surface area contributed by atoms with Crippen LogP contribution in [0.1, 0.15) is 26.7 Å². The summed E-state index contributed by atoms with van der Waals surface area (Å²) in [6.45, 7) is 5.39. The first-order valence-corrected chi connectivity index (χ1v) is 9.19. The average molecular weight is 351 g/mol. The Morgan fingerprint density at radius 1 is 1.25 bits per heavy atom. The van der Waals surface area contributed by atoms with E-state index in [1.807, 2.05) is 43.0 Å². The third kappa shape index (κ3) is 4.90. The van der Waals surface area contributed by atoms with E-state index in [-0.39, 0.29) is 23.0 Å². The normalized spacial score (nSPS) is 16.5. The molecule has 0 spiro atoms. The maximum atomic E-state index is 12.6. The number of hydrogen-bond acceptors (Lipinski definition) is 5. The van der Waals surface area contributed by atoms with Gasteiger partial charge in [-0.05, 0) is 51.0 Å². The molecule has 1 aromatic rings. The number of thioether (sulfide) groups is 1. The summed E-state index contributed by atoms with van der Waals surface area (Å²) < 4.78 is 10.2. The standard InChI is InChI=1S/C18H25NO4S/c1-4-23-18(21)14-9-11-19(12-10-14)17(20)13(2)24-16-7-5-15(22-3)6-8-16/h5-8,13-14H,4,9-12H2,1-3H3. The zero-order chi connectivity index (χ0) is 17.5. The molecule has 1 saturated heterocycles. The van der Waals surface area contributed by atoms with Crippen molar-refractivity contribution in [3.05, 3.63) is 24.3 Å². The van der Waals surface area contributed by atoms with Crippen LogP contribution < -0.4 is 4.74 Å². The van der Waals surface area contributed by atoms with Crippen molar-refractivity contribution in [3.63, 3.8) is 0 Å². The van der Waals surface area contributed by atoms with Crippen LogP contribution in [-0.2, 0) is 14.3 Å². The second-order valence-electron chi connectivity index (χ2n) is 5.79. The SMILES string of the molecule is CCOC(=O)C1CCN(C(=O)C(C)Sc2ccc(OC)cc2)CC1. The highest BCUT2D eigenvalue weighted by atomic mass is 32.2. The number of hydrogen-bond donors (Lipinski definition) is 0. The first-order valence-electron chi connectivity index (χ1n) is 8.31. The van der Waals surface area contributed by atoms with Crippen molar-refractivity contribution >= 4 is 23.6 Å². The molecule has 5 nitrogen and oxygen atoms in total. The molecular weight excluding hydrogens is 326 g/mol. The predicted molar refractivity (Wildman–Crippen MR) is 94.3 cm³/mol. The van der Waals surface area contributed by atoms with Crippen LogP contribution in [0.25, 0.3) is 0 Å². The van der Waals surface area contributed by atoms with Crippen LogP contribution in [0.4, 0.5) is 0 Å². The van der Waals surface area contributed by atoms with Gasteiger partial charge in [-0.3, -0.25) is 9.59 Å². The van der Waals surface area contributed by atoms with Gasteiger partial charge in [-0.25, -0.2) is 0 Å². The number of likely N-dealkylation sites (tertiary alicyclic amines) is 1. The molecule has 0 saturated carbocycles. The van der Waals surface area contributed by atoms with E-state index >= 15 is 0 Å². The first kappa shape index (κ1) is 18.6. The molecule has 1 aliphatic heterocycles. The molecule has 24 heavy (non-hydrogen) atoms. The van der Waals surface area contributed by atoms with Gasteiger partial charge in [0.15, 0.2) is 0 Å². The molecule has 1 atom stereocenters. The van der Waals surface area contributed by atoms with Crippen LogP contribution in [0.5, 0.6) is 5.75 Å². The zero-order valence-electron chi connectivity index (χ0n) is 14.5. The second-order valence-corrected chi connectivity index (χ2v) is 7.20. The molecule has 0 N–H and O–H groups in total.